The highest BCUT2D eigenvalue weighted by atomic mass is 15.2. The van der Waals surface area contributed by atoms with Crippen molar-refractivity contribution < 1.29 is 0 Å². The Morgan fingerprint density at radius 1 is 1.28 bits per heavy atom. The van der Waals surface area contributed by atoms with Crippen molar-refractivity contribution in [3.63, 3.8) is 0 Å². The van der Waals surface area contributed by atoms with E-state index in [9.17, 15) is 0 Å². The Balaban J connectivity index is 1.81. The molecule has 18 heavy (non-hydrogen) atoms. The van der Waals surface area contributed by atoms with E-state index >= 15 is 0 Å². The number of nitrogens with zero attached hydrogens (tertiary/aromatic N) is 1. The molecule has 1 aromatic carbocycles. The smallest absolute Gasteiger partial charge is 0.0470 e. The summed E-state index contributed by atoms with van der Waals surface area (Å²) in [5.74, 6) is 0. The molecule has 1 saturated heterocycles. The number of fused-ring (bicyclic) bond motifs is 1. The van der Waals surface area contributed by atoms with Crippen LogP contribution in [0.4, 0.5) is 0 Å². The third-order valence-electron chi connectivity index (χ3n) is 4.12. The van der Waals surface area contributed by atoms with Crippen molar-refractivity contribution in [2.75, 3.05) is 13.1 Å². The summed E-state index contributed by atoms with van der Waals surface area (Å²) in [6, 6.07) is 11.6. The maximum absolute atomic E-state index is 5.96. The predicted octanol–water partition coefficient (Wildman–Crippen LogP) is 2.65. The van der Waals surface area contributed by atoms with Gasteiger partial charge in [-0.25, -0.2) is 0 Å². The van der Waals surface area contributed by atoms with E-state index < -0.39 is 0 Å². The van der Waals surface area contributed by atoms with E-state index in [2.05, 4.69) is 47.1 Å². The lowest BCUT2D eigenvalue weighted by molar-refractivity contribution is 0.161. The molecule has 1 aliphatic heterocycles. The van der Waals surface area contributed by atoms with E-state index in [0.29, 0.717) is 12.1 Å². The molecular weight excluding hydrogens is 222 g/mol. The molecule has 0 bridgehead atoms. The summed E-state index contributed by atoms with van der Waals surface area (Å²) in [4.78, 5) is 6.05. The van der Waals surface area contributed by atoms with Gasteiger partial charge >= 0.3 is 0 Å². The van der Waals surface area contributed by atoms with Crippen molar-refractivity contribution in [2.45, 2.75) is 31.8 Å². The molecule has 1 unspecified atom stereocenters. The highest BCUT2D eigenvalue weighted by molar-refractivity contribution is 5.80. The molecule has 0 amide bonds. The van der Waals surface area contributed by atoms with Gasteiger partial charge in [0.05, 0.1) is 0 Å². The monoisotopic (exact) mass is 243 g/mol. The fourth-order valence-corrected chi connectivity index (χ4v) is 2.82. The Morgan fingerprint density at radius 3 is 2.72 bits per heavy atom. The molecule has 1 fully saturated rings. The highest BCUT2D eigenvalue weighted by Crippen LogP contribution is 2.26. The number of aromatic amines is 1. The van der Waals surface area contributed by atoms with E-state index in [0.717, 1.165) is 25.9 Å². The summed E-state index contributed by atoms with van der Waals surface area (Å²) in [5, 5.41) is 1.30. The second-order valence-corrected chi connectivity index (χ2v) is 5.36. The molecule has 3 rings (SSSR count). The zero-order valence-electron chi connectivity index (χ0n) is 10.9. The summed E-state index contributed by atoms with van der Waals surface area (Å²) in [6.07, 6.45) is 2.23. The molecule has 3 N–H and O–H groups in total. The van der Waals surface area contributed by atoms with Gasteiger partial charge in [0, 0.05) is 36.4 Å². The van der Waals surface area contributed by atoms with Gasteiger partial charge in [-0.2, -0.15) is 0 Å². The van der Waals surface area contributed by atoms with Crippen molar-refractivity contribution in [3.05, 3.63) is 36.0 Å². The van der Waals surface area contributed by atoms with Gasteiger partial charge in [0.15, 0.2) is 0 Å². The van der Waals surface area contributed by atoms with Crippen LogP contribution in [-0.4, -0.2) is 29.0 Å². The molecule has 96 valence electrons. The fraction of sp³-hybridized carbons (Fsp3) is 0.467. The van der Waals surface area contributed by atoms with Gasteiger partial charge in [0.25, 0.3) is 0 Å². The quantitative estimate of drug-likeness (QED) is 0.851. The van der Waals surface area contributed by atoms with Gasteiger partial charge in [0.2, 0.25) is 0 Å². The van der Waals surface area contributed by atoms with Gasteiger partial charge in [-0.3, -0.25) is 4.90 Å². The number of nitrogens with one attached hydrogen (secondary N) is 1. The van der Waals surface area contributed by atoms with Crippen LogP contribution < -0.4 is 5.73 Å². The molecule has 0 spiro atoms. The summed E-state index contributed by atoms with van der Waals surface area (Å²) < 4.78 is 0. The maximum atomic E-state index is 5.96. The van der Waals surface area contributed by atoms with E-state index in [1.54, 1.807) is 0 Å². The van der Waals surface area contributed by atoms with Crippen molar-refractivity contribution in [2.24, 2.45) is 5.73 Å². The number of benzene rings is 1. The first-order valence-electron chi connectivity index (χ1n) is 6.81. The molecule has 0 saturated carbocycles. The molecule has 1 aromatic heterocycles. The average molecular weight is 243 g/mol. The Labute approximate surface area is 108 Å². The third-order valence-corrected chi connectivity index (χ3v) is 4.12. The van der Waals surface area contributed by atoms with Crippen LogP contribution in [0.1, 0.15) is 31.5 Å². The maximum Gasteiger partial charge on any atom is 0.0470 e. The number of hydrogen-bond acceptors (Lipinski definition) is 2. The molecule has 0 aliphatic carbocycles. The number of H-pyrrole nitrogens is 1. The fourth-order valence-electron chi connectivity index (χ4n) is 2.82. The number of piperidine rings is 1. The normalized spacial score (nSPS) is 20.3. The van der Waals surface area contributed by atoms with Crippen LogP contribution in [0.3, 0.4) is 0 Å². The number of hydrogen-bond donors (Lipinski definition) is 2. The average Bonchev–Trinajstić information content (AvgIpc) is 2.82. The van der Waals surface area contributed by atoms with Crippen molar-refractivity contribution in [1.29, 1.82) is 0 Å². The number of aromatic nitrogens is 1. The van der Waals surface area contributed by atoms with E-state index in [4.69, 9.17) is 5.73 Å². The number of rotatable bonds is 2. The zero-order valence-corrected chi connectivity index (χ0v) is 10.9. The third kappa shape index (κ3) is 2.16. The van der Waals surface area contributed by atoms with Crippen molar-refractivity contribution in [1.82, 2.24) is 9.88 Å². The summed E-state index contributed by atoms with van der Waals surface area (Å²) in [7, 11) is 0. The van der Waals surface area contributed by atoms with E-state index in [1.807, 2.05) is 0 Å². The Morgan fingerprint density at radius 2 is 2.00 bits per heavy atom. The standard InChI is InChI=1S/C15H21N3/c1-11(18-8-6-13(16)7-9-18)15-10-12-4-2-3-5-14(12)17-15/h2-5,10-11,13,17H,6-9,16H2,1H3. The molecular formula is C15H21N3. The first kappa shape index (κ1) is 11.8. The lowest BCUT2D eigenvalue weighted by Gasteiger charge is -2.34. The first-order valence-corrected chi connectivity index (χ1v) is 6.81. The van der Waals surface area contributed by atoms with Crippen LogP contribution in [0.2, 0.25) is 0 Å². The second-order valence-electron chi connectivity index (χ2n) is 5.36. The van der Waals surface area contributed by atoms with E-state index in [1.165, 1.54) is 16.6 Å². The second kappa shape index (κ2) is 4.75. The van der Waals surface area contributed by atoms with Crippen LogP contribution >= 0.6 is 0 Å². The zero-order chi connectivity index (χ0) is 12.5. The van der Waals surface area contributed by atoms with Gasteiger partial charge in [-0.15, -0.1) is 0 Å². The Hall–Kier alpha value is -1.32. The van der Waals surface area contributed by atoms with Gasteiger partial charge in [-0.05, 0) is 37.3 Å². The molecule has 3 nitrogen and oxygen atoms in total. The van der Waals surface area contributed by atoms with E-state index in [-0.39, 0.29) is 0 Å². The molecule has 2 heterocycles. The van der Waals surface area contributed by atoms with Crippen molar-refractivity contribution >= 4 is 10.9 Å². The first-order chi connectivity index (χ1) is 8.74. The molecule has 3 heteroatoms. The SMILES string of the molecule is CC(c1cc2ccccc2[nH]1)N1CCC(N)CC1. The van der Waals surface area contributed by atoms with Crippen LogP contribution in [-0.2, 0) is 0 Å². The van der Waals surface area contributed by atoms with Gasteiger partial charge in [0.1, 0.15) is 0 Å². The van der Waals surface area contributed by atoms with Gasteiger partial charge in [-0.1, -0.05) is 18.2 Å². The lowest BCUT2D eigenvalue weighted by atomic mass is 10.0. The highest BCUT2D eigenvalue weighted by Gasteiger charge is 2.22. The van der Waals surface area contributed by atoms with Crippen LogP contribution in [0.15, 0.2) is 30.3 Å². The Bertz CT molecular complexity index is 490. The minimum Gasteiger partial charge on any atom is -0.357 e. The minimum atomic E-state index is 0.399. The predicted molar refractivity (Wildman–Crippen MR) is 75.5 cm³/mol. The van der Waals surface area contributed by atoms with Crippen molar-refractivity contribution in [3.8, 4) is 0 Å². The lowest BCUT2D eigenvalue weighted by Crippen LogP contribution is -2.40. The summed E-state index contributed by atoms with van der Waals surface area (Å²) in [5.41, 5.74) is 8.50. The van der Waals surface area contributed by atoms with Crippen LogP contribution in [0.5, 0.6) is 0 Å². The van der Waals surface area contributed by atoms with Crippen LogP contribution in [0, 0.1) is 0 Å². The summed E-state index contributed by atoms with van der Waals surface area (Å²) >= 11 is 0. The van der Waals surface area contributed by atoms with Gasteiger partial charge < -0.3 is 10.7 Å². The number of likely N-dealkylation sites (tertiary alicyclic amines) is 1. The summed E-state index contributed by atoms with van der Waals surface area (Å²) in [6.45, 7) is 4.50. The number of para-hydroxylation sites is 1. The molecule has 2 aromatic rings. The molecule has 1 aliphatic rings. The molecule has 0 radical (unpaired) electrons. The largest absolute Gasteiger partial charge is 0.357 e. The van der Waals surface area contributed by atoms with Crippen LogP contribution in [0.25, 0.3) is 10.9 Å². The number of nitrogens with two attached hydrogens (primary N) is 1. The minimum absolute atomic E-state index is 0.399. The molecule has 1 atom stereocenters. The Kier molecular flexibility index (Phi) is 3.10. The topological polar surface area (TPSA) is 45.0 Å².